The van der Waals surface area contributed by atoms with Gasteiger partial charge in [0.15, 0.2) is 29.8 Å². The van der Waals surface area contributed by atoms with Crippen LogP contribution in [0.1, 0.15) is 152 Å². The van der Waals surface area contributed by atoms with Crippen molar-refractivity contribution in [1.82, 2.24) is 35.6 Å². The Morgan fingerprint density at radius 2 is 1.09 bits per heavy atom. The number of piperazine rings is 2. The number of amides is 3. The number of aromatic hydroxyl groups is 3. The number of hydrogen-bond acceptors (Lipinski definition) is 20. The van der Waals surface area contributed by atoms with Crippen LogP contribution >= 0.6 is 0 Å². The SMILES string of the molecule is C.C.COCOc1c(C)c(C)cc2c1[C@@H]1C3Cc4c(O)c(C)c5c(c4[C@H](CNC(=O)[C@H](C)NC(=O)OC(C)(C)C)N3[C@@H](C#N)[C@H](C2)N1C)OCO5.Cc1cc2c(c(O)c1C)[C@@H]1C3Cc4c(O)c(C)c5c(c4[C@H](CNC(=O)[C@H](C)N)N3[C@@H](C#N)[C@H](C2)N1C)OCO5.[Ac].[Ac]. The fourth-order valence-corrected chi connectivity index (χ4v) is 15.4. The predicted octanol–water partition coefficient (Wildman–Crippen LogP) is 7.09. The second-order valence-corrected chi connectivity index (χ2v) is 25.9. The van der Waals surface area contributed by atoms with Gasteiger partial charge in [0.25, 0.3) is 0 Å². The Bertz CT molecular complexity index is 3620. The van der Waals surface area contributed by atoms with Crippen molar-refractivity contribution >= 4 is 17.9 Å². The normalized spacial score (nSPS) is 24.8. The standard InChI is InChI=1S/C36H47N5O8.C29H35N5O5.2CH4.2Ac/c1-17-10-21-11-23-25(13-37)41-24(29(40(23)8)27(21)31(18(17)2)46-15-45-9)12-22-28(33-32(47-16-48-33)19(3)30(22)42)26(41)14-38-34(43)20(4)39-35(44)49-36(5,6)7;1-12-6-16-7-18-20(9-30)34-19(24(33(18)5)22(16)26(36)13(12)2)8-17-23(21(34)10-32-29(37)15(4)31)28-27(38-11-39-28)14(3)25(17)35;;;;/h10,20,23-26,29,42H,11-12,14-16H2,1-9H3,(H,38,43)(H,39,44);6,15,18-21,24,35-36H,7-8,10-11,31H2,1-5H3,(H,32,37);2*1H4;;/t20-,23-,24?,25-,26-,29-;15-,18-,19?,20-,21-,24-;;;;/m00..../s1. The van der Waals surface area contributed by atoms with Gasteiger partial charge in [-0.1, -0.05) is 27.0 Å². The van der Waals surface area contributed by atoms with E-state index in [0.717, 1.165) is 61.4 Å². The van der Waals surface area contributed by atoms with Gasteiger partial charge in [-0.15, -0.1) is 0 Å². The molecule has 2 saturated heterocycles. The Morgan fingerprint density at radius 1 is 0.652 bits per heavy atom. The molecule has 92 heavy (non-hydrogen) atoms. The molecule has 8 aliphatic heterocycles. The van der Waals surface area contributed by atoms with Gasteiger partial charge in [0.1, 0.15) is 46.7 Å². The molecule has 4 aromatic rings. The summed E-state index contributed by atoms with van der Waals surface area (Å²) in [6.07, 6.45) is 1.38. The maximum atomic E-state index is 13.5. The second kappa shape index (κ2) is 28.8. The van der Waals surface area contributed by atoms with E-state index in [-0.39, 0.29) is 196 Å². The molecule has 4 aromatic carbocycles. The molecule has 0 saturated carbocycles. The Labute approximate surface area is 612 Å². The van der Waals surface area contributed by atoms with Crippen LogP contribution in [0, 0.1) is 152 Å². The van der Waals surface area contributed by atoms with E-state index in [1.165, 1.54) is 0 Å². The number of methoxy groups -OCH3 is 1. The number of aryl methyl sites for hydroxylation is 2. The number of carbonyl (C=O) groups excluding carboxylic acids is 3. The third kappa shape index (κ3) is 12.7. The summed E-state index contributed by atoms with van der Waals surface area (Å²) < 4.78 is 40.5. The van der Waals surface area contributed by atoms with Gasteiger partial charge in [-0.2, -0.15) is 10.5 Å². The van der Waals surface area contributed by atoms with E-state index in [9.17, 15) is 40.2 Å². The van der Waals surface area contributed by atoms with Crippen molar-refractivity contribution in [3.05, 3.63) is 90.0 Å². The van der Waals surface area contributed by atoms with Crippen LogP contribution < -0.4 is 45.4 Å². The monoisotopic (exact) mass is 1700 g/mol. The van der Waals surface area contributed by atoms with Gasteiger partial charge in [0.2, 0.25) is 25.4 Å². The zero-order valence-corrected chi connectivity index (χ0v) is 63.3. The minimum atomic E-state index is -0.900. The third-order valence-corrected chi connectivity index (χ3v) is 19.7. The number of carbonyl (C=O) groups is 3. The minimum Gasteiger partial charge on any atom is -0.507 e. The van der Waals surface area contributed by atoms with Crippen molar-refractivity contribution in [2.45, 2.75) is 195 Å². The number of nitrogens with two attached hydrogens (primary N) is 1. The second-order valence-electron chi connectivity index (χ2n) is 25.9. The molecule has 2 fully saturated rings. The van der Waals surface area contributed by atoms with Gasteiger partial charge in [-0.3, -0.25) is 29.2 Å². The van der Waals surface area contributed by atoms with Gasteiger partial charge in [-0.05, 0) is 149 Å². The fourth-order valence-electron chi connectivity index (χ4n) is 15.4. The van der Waals surface area contributed by atoms with Crippen LogP contribution in [0.2, 0.25) is 0 Å². The number of phenols is 3. The van der Waals surface area contributed by atoms with Crippen LogP contribution in [0.4, 0.5) is 4.79 Å². The van der Waals surface area contributed by atoms with Crippen LogP contribution in [0.15, 0.2) is 12.1 Å². The molecular formula is C67H90Ac2N10O13. The molecule has 4 bridgehead atoms. The number of rotatable bonds is 10. The summed E-state index contributed by atoms with van der Waals surface area (Å²) in [6, 6.07) is 4.47. The molecule has 492 valence electrons. The van der Waals surface area contributed by atoms with Crippen molar-refractivity contribution in [3.63, 3.8) is 0 Å². The van der Waals surface area contributed by atoms with Crippen molar-refractivity contribution < 1.29 is 151 Å². The fraction of sp³-hybridized carbons (Fsp3) is 0.567. The number of nitrogens with one attached hydrogen (secondary N) is 3. The molecule has 12 atom stereocenters. The molecule has 8 heterocycles. The number of phenolic OH excluding ortho intramolecular Hbond substituents is 3. The van der Waals surface area contributed by atoms with Gasteiger partial charge in [0.05, 0.1) is 42.3 Å². The first kappa shape index (κ1) is 74.5. The Balaban J connectivity index is 0.000000256. The maximum absolute atomic E-state index is 13.5. The van der Waals surface area contributed by atoms with Crippen molar-refractivity contribution in [3.8, 4) is 58.1 Å². The number of benzene rings is 4. The minimum absolute atomic E-state index is 0. The van der Waals surface area contributed by atoms with E-state index in [1.807, 2.05) is 27.8 Å². The summed E-state index contributed by atoms with van der Waals surface area (Å²) in [5.74, 6) is 2.59. The Kier molecular flexibility index (Phi) is 23.3. The molecule has 8 aliphatic rings. The first-order valence-electron chi connectivity index (χ1n) is 30.2. The molecule has 0 spiro atoms. The molecule has 8 N–H and O–H groups in total. The number of ether oxygens (including phenoxy) is 7. The molecule has 2 radical (unpaired) electrons. The molecule has 12 rings (SSSR count). The molecule has 25 heteroatoms. The van der Waals surface area contributed by atoms with Crippen molar-refractivity contribution in [2.24, 2.45) is 5.73 Å². The number of alkyl carbamates (subject to hydrolysis) is 1. The van der Waals surface area contributed by atoms with Crippen molar-refractivity contribution in [1.29, 1.82) is 10.5 Å². The topological polar surface area (TPSA) is 299 Å². The Morgan fingerprint density at radius 3 is 1.53 bits per heavy atom. The molecule has 3 amide bonds. The molecular weight excluding hydrogens is 1610 g/mol. The van der Waals surface area contributed by atoms with Gasteiger partial charge in [0, 0.05) is 177 Å². The van der Waals surface area contributed by atoms with E-state index in [4.69, 9.17) is 38.9 Å². The zero-order chi connectivity index (χ0) is 63.4. The summed E-state index contributed by atoms with van der Waals surface area (Å²) in [7, 11) is 5.66. The smallest absolute Gasteiger partial charge is 0.408 e. The largest absolute Gasteiger partial charge is 0.507 e. The van der Waals surface area contributed by atoms with E-state index < -0.39 is 53.9 Å². The average molecular weight is 1700 g/mol. The first-order chi connectivity index (χ1) is 41.7. The number of nitriles is 2. The molecule has 23 nitrogen and oxygen atoms in total. The van der Waals surface area contributed by atoms with Crippen LogP contribution in [-0.4, -0.2) is 161 Å². The summed E-state index contributed by atoms with van der Waals surface area (Å²) in [4.78, 5) is 47.4. The van der Waals surface area contributed by atoms with Crippen LogP contribution in [-0.2, 0) is 44.7 Å². The van der Waals surface area contributed by atoms with Crippen LogP contribution in [0.3, 0.4) is 0 Å². The summed E-state index contributed by atoms with van der Waals surface area (Å²) >= 11 is 0. The summed E-state index contributed by atoms with van der Waals surface area (Å²) in [6.45, 7) is 20.5. The summed E-state index contributed by atoms with van der Waals surface area (Å²) in [5.41, 5.74) is 17.2. The van der Waals surface area contributed by atoms with Gasteiger partial charge >= 0.3 is 6.09 Å². The molecule has 0 aliphatic carbocycles. The van der Waals surface area contributed by atoms with E-state index in [0.29, 0.717) is 70.9 Å². The van der Waals surface area contributed by atoms with E-state index in [2.05, 4.69) is 73.8 Å². The van der Waals surface area contributed by atoms with E-state index >= 15 is 0 Å². The average Bonchev–Trinajstić information content (AvgIpc) is 0.874. The number of nitrogens with zero attached hydrogens (tertiary/aromatic N) is 6. The Hall–Kier alpha value is -4.89. The quantitative estimate of drug-likeness (QED) is 0.0780. The zero-order valence-electron chi connectivity index (χ0n) is 53.8. The maximum Gasteiger partial charge on any atom is 0.408 e. The molecule has 2 unspecified atom stereocenters. The predicted molar refractivity (Wildman–Crippen MR) is 335 cm³/mol. The summed E-state index contributed by atoms with van der Waals surface area (Å²) in [5, 5.41) is 64.6. The first-order valence-corrected chi connectivity index (χ1v) is 30.2. The molecule has 0 aromatic heterocycles. The number of fused-ring (bicyclic) bond motifs is 18. The van der Waals surface area contributed by atoms with Crippen LogP contribution in [0.5, 0.6) is 46.0 Å². The van der Waals surface area contributed by atoms with E-state index in [1.54, 1.807) is 55.6 Å². The number of hydrogen-bond donors (Lipinski definition) is 7. The third-order valence-electron chi connectivity index (χ3n) is 19.7. The van der Waals surface area contributed by atoms with Gasteiger partial charge in [-0.25, -0.2) is 4.79 Å². The van der Waals surface area contributed by atoms with Crippen LogP contribution in [0.25, 0.3) is 0 Å². The van der Waals surface area contributed by atoms with Crippen molar-refractivity contribution in [2.75, 3.05) is 54.7 Å². The number of likely N-dealkylation sites (N-methyl/N-ethyl adjacent to an activating group) is 2. The van der Waals surface area contributed by atoms with Gasteiger partial charge < -0.3 is 70.2 Å².